The van der Waals surface area contributed by atoms with Gasteiger partial charge in [0.1, 0.15) is 23.7 Å². The molecule has 0 amide bonds. The predicted octanol–water partition coefficient (Wildman–Crippen LogP) is 4.48. The molecule has 3 aromatic carbocycles. The van der Waals surface area contributed by atoms with Gasteiger partial charge in [-0.2, -0.15) is 0 Å². The van der Waals surface area contributed by atoms with Crippen LogP contribution in [-0.2, 0) is 6.61 Å². The average molecular weight is 304 g/mol. The number of para-hydroxylation sites is 2. The number of carbonyl (C=O) groups excluding carboxylic acids is 1. The van der Waals surface area contributed by atoms with Crippen LogP contribution in [0.15, 0.2) is 84.9 Å². The molecule has 3 rings (SSSR count). The summed E-state index contributed by atoms with van der Waals surface area (Å²) in [6, 6.07) is 25.9. The first kappa shape index (κ1) is 14.9. The summed E-state index contributed by atoms with van der Waals surface area (Å²) in [5.74, 6) is 0.590. The monoisotopic (exact) mass is 304 g/mol. The van der Waals surface area contributed by atoms with Crippen LogP contribution in [0.2, 0.25) is 0 Å². The lowest BCUT2D eigenvalue weighted by Crippen LogP contribution is -2.10. The molecule has 23 heavy (non-hydrogen) atoms. The Balaban J connectivity index is 1.73. The molecule has 0 saturated carbocycles. The molecule has 0 N–H and O–H groups in total. The Labute approximate surface area is 135 Å². The van der Waals surface area contributed by atoms with Crippen LogP contribution in [0.1, 0.15) is 15.9 Å². The van der Waals surface area contributed by atoms with E-state index in [0.717, 1.165) is 5.56 Å². The van der Waals surface area contributed by atoms with E-state index in [2.05, 4.69) is 0 Å². The number of ether oxygens (including phenoxy) is 2. The Morgan fingerprint density at radius 1 is 0.739 bits per heavy atom. The maximum Gasteiger partial charge on any atom is 0.347 e. The quantitative estimate of drug-likeness (QED) is 0.515. The van der Waals surface area contributed by atoms with Crippen LogP contribution in [0.3, 0.4) is 0 Å². The second-order valence-electron chi connectivity index (χ2n) is 4.97. The number of hydrogen-bond acceptors (Lipinski definition) is 3. The van der Waals surface area contributed by atoms with Crippen molar-refractivity contribution in [3.63, 3.8) is 0 Å². The molecule has 0 fully saturated rings. The SMILES string of the molecule is O=C(Oc1ccccc1)c1ccccc1OCc1ccccc1. The van der Waals surface area contributed by atoms with Crippen molar-refractivity contribution in [3.05, 3.63) is 96.1 Å². The molecule has 3 aromatic rings. The van der Waals surface area contributed by atoms with Crippen molar-refractivity contribution in [2.75, 3.05) is 0 Å². The fraction of sp³-hybridized carbons (Fsp3) is 0.0500. The third-order valence-electron chi connectivity index (χ3n) is 3.30. The average Bonchev–Trinajstić information content (AvgIpc) is 2.62. The van der Waals surface area contributed by atoms with E-state index in [1.54, 1.807) is 30.3 Å². The Bertz CT molecular complexity index is 767. The third kappa shape index (κ3) is 3.98. The van der Waals surface area contributed by atoms with Gasteiger partial charge in [0.15, 0.2) is 0 Å². The Kier molecular flexibility index (Phi) is 4.69. The van der Waals surface area contributed by atoms with Crippen molar-refractivity contribution >= 4 is 5.97 Å². The molecule has 0 aromatic heterocycles. The van der Waals surface area contributed by atoms with Crippen LogP contribution in [0.4, 0.5) is 0 Å². The van der Waals surface area contributed by atoms with Gasteiger partial charge in [0.25, 0.3) is 0 Å². The van der Waals surface area contributed by atoms with Crippen LogP contribution < -0.4 is 9.47 Å². The second kappa shape index (κ2) is 7.27. The molecule has 0 radical (unpaired) electrons. The van der Waals surface area contributed by atoms with Gasteiger partial charge in [-0.05, 0) is 29.8 Å². The number of benzene rings is 3. The van der Waals surface area contributed by atoms with Gasteiger partial charge in [-0.25, -0.2) is 4.79 Å². The van der Waals surface area contributed by atoms with Gasteiger partial charge in [0.05, 0.1) is 0 Å². The van der Waals surface area contributed by atoms with Crippen molar-refractivity contribution in [1.82, 2.24) is 0 Å². The molecule has 0 saturated heterocycles. The molecule has 0 aliphatic rings. The van der Waals surface area contributed by atoms with Crippen LogP contribution in [-0.4, -0.2) is 5.97 Å². The normalized spacial score (nSPS) is 10.1. The lowest BCUT2D eigenvalue weighted by Gasteiger charge is -2.11. The zero-order chi connectivity index (χ0) is 15.9. The molecule has 0 aliphatic carbocycles. The first-order valence-electron chi connectivity index (χ1n) is 7.36. The van der Waals surface area contributed by atoms with E-state index in [0.29, 0.717) is 23.7 Å². The highest BCUT2D eigenvalue weighted by atomic mass is 16.5. The summed E-state index contributed by atoms with van der Waals surface area (Å²) in [5, 5.41) is 0. The molecular weight excluding hydrogens is 288 g/mol. The lowest BCUT2D eigenvalue weighted by molar-refractivity contribution is 0.0729. The maximum atomic E-state index is 12.3. The molecule has 3 nitrogen and oxygen atoms in total. The highest BCUT2D eigenvalue weighted by molar-refractivity contribution is 5.93. The zero-order valence-electron chi connectivity index (χ0n) is 12.5. The van der Waals surface area contributed by atoms with Crippen molar-refractivity contribution in [2.24, 2.45) is 0 Å². The van der Waals surface area contributed by atoms with Crippen molar-refractivity contribution in [1.29, 1.82) is 0 Å². The van der Waals surface area contributed by atoms with Gasteiger partial charge in [0, 0.05) is 0 Å². The number of carbonyl (C=O) groups is 1. The van der Waals surface area contributed by atoms with E-state index < -0.39 is 5.97 Å². The zero-order valence-corrected chi connectivity index (χ0v) is 12.5. The summed E-state index contributed by atoms with van der Waals surface area (Å²) in [7, 11) is 0. The molecule has 3 heteroatoms. The summed E-state index contributed by atoms with van der Waals surface area (Å²) in [4.78, 5) is 12.3. The molecule has 0 spiro atoms. The van der Waals surface area contributed by atoms with Crippen LogP contribution >= 0.6 is 0 Å². The van der Waals surface area contributed by atoms with Crippen LogP contribution in [0.5, 0.6) is 11.5 Å². The molecule has 0 unspecified atom stereocenters. The number of rotatable bonds is 5. The van der Waals surface area contributed by atoms with E-state index in [1.807, 2.05) is 54.6 Å². The summed E-state index contributed by atoms with van der Waals surface area (Å²) in [6.45, 7) is 0.399. The van der Waals surface area contributed by atoms with Gasteiger partial charge in [0.2, 0.25) is 0 Å². The summed E-state index contributed by atoms with van der Waals surface area (Å²) in [5.41, 5.74) is 1.45. The minimum atomic E-state index is -0.431. The van der Waals surface area contributed by atoms with Gasteiger partial charge in [-0.15, -0.1) is 0 Å². The highest BCUT2D eigenvalue weighted by Gasteiger charge is 2.14. The first-order chi connectivity index (χ1) is 11.3. The number of hydrogen-bond donors (Lipinski definition) is 0. The summed E-state index contributed by atoms with van der Waals surface area (Å²) >= 11 is 0. The Morgan fingerprint density at radius 2 is 1.35 bits per heavy atom. The van der Waals surface area contributed by atoms with Crippen LogP contribution in [0, 0.1) is 0 Å². The van der Waals surface area contributed by atoms with E-state index in [4.69, 9.17) is 9.47 Å². The van der Waals surface area contributed by atoms with Crippen molar-refractivity contribution in [3.8, 4) is 11.5 Å². The third-order valence-corrected chi connectivity index (χ3v) is 3.30. The molecule has 114 valence electrons. The van der Waals surface area contributed by atoms with Crippen LogP contribution in [0.25, 0.3) is 0 Å². The largest absolute Gasteiger partial charge is 0.488 e. The van der Waals surface area contributed by atoms with E-state index in [1.165, 1.54) is 0 Å². The highest BCUT2D eigenvalue weighted by Crippen LogP contribution is 2.21. The van der Waals surface area contributed by atoms with Gasteiger partial charge in [-0.3, -0.25) is 0 Å². The fourth-order valence-electron chi connectivity index (χ4n) is 2.15. The van der Waals surface area contributed by atoms with E-state index in [9.17, 15) is 4.79 Å². The van der Waals surface area contributed by atoms with Gasteiger partial charge < -0.3 is 9.47 Å². The first-order valence-corrected chi connectivity index (χ1v) is 7.36. The Hall–Kier alpha value is -3.07. The minimum absolute atomic E-state index is 0.399. The smallest absolute Gasteiger partial charge is 0.347 e. The van der Waals surface area contributed by atoms with E-state index in [-0.39, 0.29) is 0 Å². The second-order valence-corrected chi connectivity index (χ2v) is 4.97. The van der Waals surface area contributed by atoms with Crippen molar-refractivity contribution < 1.29 is 14.3 Å². The minimum Gasteiger partial charge on any atom is -0.488 e. The Morgan fingerprint density at radius 3 is 2.09 bits per heavy atom. The molecule has 0 heterocycles. The molecule has 0 atom stereocenters. The molecule has 0 aliphatic heterocycles. The standard InChI is InChI=1S/C20H16O3/c21-20(23-17-11-5-2-6-12-17)18-13-7-8-14-19(18)22-15-16-9-3-1-4-10-16/h1-14H,15H2. The molecular formula is C20H16O3. The fourth-order valence-corrected chi connectivity index (χ4v) is 2.15. The van der Waals surface area contributed by atoms with Crippen molar-refractivity contribution in [2.45, 2.75) is 6.61 Å². The number of esters is 1. The lowest BCUT2D eigenvalue weighted by atomic mass is 10.2. The van der Waals surface area contributed by atoms with E-state index >= 15 is 0 Å². The topological polar surface area (TPSA) is 35.5 Å². The van der Waals surface area contributed by atoms with Gasteiger partial charge >= 0.3 is 5.97 Å². The maximum absolute atomic E-state index is 12.3. The predicted molar refractivity (Wildman–Crippen MR) is 88.6 cm³/mol. The summed E-state index contributed by atoms with van der Waals surface area (Å²) < 4.78 is 11.2. The molecule has 0 bridgehead atoms. The van der Waals surface area contributed by atoms with Gasteiger partial charge in [-0.1, -0.05) is 60.7 Å². The summed E-state index contributed by atoms with van der Waals surface area (Å²) in [6.07, 6.45) is 0.